The summed E-state index contributed by atoms with van der Waals surface area (Å²) in [6.07, 6.45) is 5.02. The molecule has 0 N–H and O–H groups in total. The van der Waals surface area contributed by atoms with Gasteiger partial charge in [0.1, 0.15) is 6.04 Å². The second kappa shape index (κ2) is 4.45. The first kappa shape index (κ1) is 13.3. The van der Waals surface area contributed by atoms with Gasteiger partial charge in [-0.1, -0.05) is 52.3 Å². The third-order valence-corrected chi connectivity index (χ3v) is 5.82. The van der Waals surface area contributed by atoms with Gasteiger partial charge in [-0.3, -0.25) is 4.79 Å². The van der Waals surface area contributed by atoms with E-state index in [4.69, 9.17) is 0 Å². The van der Waals surface area contributed by atoms with Crippen LogP contribution in [0, 0.1) is 5.92 Å². The molecule has 2 aliphatic heterocycles. The second-order valence-corrected chi connectivity index (χ2v) is 7.13. The molecule has 0 radical (unpaired) electrons. The first-order valence-electron chi connectivity index (χ1n) is 7.68. The number of benzene rings is 2. The fraction of sp³-hybridized carbons (Fsp3) is 0.222. The highest BCUT2D eigenvalue weighted by Crippen LogP contribution is 2.44. The highest BCUT2D eigenvalue weighted by atomic mass is 79.9. The molecule has 5 rings (SSSR count). The number of carbonyl (C=O) groups is 2. The van der Waals surface area contributed by atoms with E-state index in [-0.39, 0.29) is 29.9 Å². The number of anilines is 1. The van der Waals surface area contributed by atoms with Crippen LogP contribution < -0.4 is 4.90 Å². The minimum Gasteiger partial charge on any atom is -0.305 e. The molecule has 3 atom stereocenters. The van der Waals surface area contributed by atoms with Gasteiger partial charge in [-0.2, -0.15) is 0 Å². The molecule has 3 aliphatic rings. The Morgan fingerprint density at radius 2 is 1.78 bits per heavy atom. The Balaban J connectivity index is 1.68. The fourth-order valence-electron chi connectivity index (χ4n) is 4.13. The zero-order valence-corrected chi connectivity index (χ0v) is 13.7. The van der Waals surface area contributed by atoms with Gasteiger partial charge in [0.25, 0.3) is 5.91 Å². The zero-order valence-electron chi connectivity index (χ0n) is 12.1. The van der Waals surface area contributed by atoms with E-state index in [9.17, 15) is 9.59 Å². The molecule has 2 aromatic rings. The van der Waals surface area contributed by atoms with E-state index in [1.54, 1.807) is 4.90 Å². The van der Waals surface area contributed by atoms with Crippen molar-refractivity contribution in [2.75, 3.05) is 4.90 Å². The summed E-state index contributed by atoms with van der Waals surface area (Å²) in [6, 6.07) is 11.1. The largest absolute Gasteiger partial charge is 0.332 e. The maximum atomic E-state index is 12.9. The van der Waals surface area contributed by atoms with Crippen LogP contribution in [0.5, 0.6) is 0 Å². The van der Waals surface area contributed by atoms with E-state index < -0.39 is 0 Å². The summed E-state index contributed by atoms with van der Waals surface area (Å²) in [7, 11) is 0. The average molecular weight is 369 g/mol. The summed E-state index contributed by atoms with van der Waals surface area (Å²) in [5.74, 6) is 0.0717. The molecule has 0 spiro atoms. The van der Waals surface area contributed by atoms with Gasteiger partial charge < -0.3 is 4.90 Å². The molecule has 2 saturated heterocycles. The lowest BCUT2D eigenvalue weighted by Gasteiger charge is -2.22. The number of imide groups is 1. The molecule has 3 amide bonds. The number of carbonyl (C=O) groups excluding carboxylic acids is 2. The summed E-state index contributed by atoms with van der Waals surface area (Å²) in [5.41, 5.74) is 0.674. The molecule has 2 fully saturated rings. The monoisotopic (exact) mass is 368 g/mol. The summed E-state index contributed by atoms with van der Waals surface area (Å²) in [6.45, 7) is 0. The number of nitrogens with zero attached hydrogens (tertiary/aromatic N) is 2. The standard InChI is InChI=1S/C18H13BrN2O2/c19-14-7-8-15(13-4-2-1-3-12(13)14)21-17(22)16-10-5-6-11(9-10)20(16)18(21)23/h1-8,10-11,16H,9H2. The Kier molecular flexibility index (Phi) is 2.57. The van der Waals surface area contributed by atoms with Crippen LogP contribution in [0.15, 0.2) is 53.0 Å². The van der Waals surface area contributed by atoms with Gasteiger partial charge in [0.05, 0.1) is 11.7 Å². The molecule has 23 heavy (non-hydrogen) atoms. The molecule has 0 aromatic heterocycles. The lowest BCUT2D eigenvalue weighted by molar-refractivity contribution is -0.119. The Bertz CT molecular complexity index is 877. The third kappa shape index (κ3) is 1.60. The van der Waals surface area contributed by atoms with E-state index in [0.29, 0.717) is 5.69 Å². The first-order valence-corrected chi connectivity index (χ1v) is 8.48. The van der Waals surface area contributed by atoms with Crippen molar-refractivity contribution in [2.24, 2.45) is 5.92 Å². The van der Waals surface area contributed by atoms with Gasteiger partial charge in [-0.05, 0) is 23.9 Å². The van der Waals surface area contributed by atoms with E-state index in [1.165, 1.54) is 4.90 Å². The van der Waals surface area contributed by atoms with Crippen LogP contribution in [0.2, 0.25) is 0 Å². The van der Waals surface area contributed by atoms with Crippen LogP contribution >= 0.6 is 15.9 Å². The minimum atomic E-state index is -0.320. The number of hydrogen-bond acceptors (Lipinski definition) is 2. The number of urea groups is 1. The van der Waals surface area contributed by atoms with Crippen molar-refractivity contribution in [1.82, 2.24) is 4.90 Å². The number of fused-ring (bicyclic) bond motifs is 6. The number of halogens is 1. The summed E-state index contributed by atoms with van der Waals surface area (Å²) < 4.78 is 0.957. The molecular weight excluding hydrogens is 356 g/mol. The highest BCUT2D eigenvalue weighted by Gasteiger charge is 2.57. The van der Waals surface area contributed by atoms with Gasteiger partial charge in [0.2, 0.25) is 0 Å². The summed E-state index contributed by atoms with van der Waals surface area (Å²) in [4.78, 5) is 29.0. The maximum Gasteiger partial charge on any atom is 0.332 e. The van der Waals surface area contributed by atoms with Gasteiger partial charge in [0, 0.05) is 15.8 Å². The second-order valence-electron chi connectivity index (χ2n) is 6.27. The topological polar surface area (TPSA) is 40.6 Å². The fourth-order valence-corrected chi connectivity index (χ4v) is 4.61. The molecule has 0 saturated carbocycles. The smallest absolute Gasteiger partial charge is 0.305 e. The van der Waals surface area contributed by atoms with Crippen molar-refractivity contribution < 1.29 is 9.59 Å². The lowest BCUT2D eigenvalue weighted by Crippen LogP contribution is -2.38. The summed E-state index contributed by atoms with van der Waals surface area (Å²) >= 11 is 3.54. The van der Waals surface area contributed by atoms with Crippen LogP contribution in [0.1, 0.15) is 6.42 Å². The van der Waals surface area contributed by atoms with E-state index in [1.807, 2.05) is 36.4 Å². The van der Waals surface area contributed by atoms with E-state index in [2.05, 4.69) is 28.1 Å². The van der Waals surface area contributed by atoms with Gasteiger partial charge in [-0.25, -0.2) is 9.69 Å². The third-order valence-electron chi connectivity index (χ3n) is 5.13. The van der Waals surface area contributed by atoms with Crippen LogP contribution in [0.25, 0.3) is 10.8 Å². The molecule has 2 bridgehead atoms. The molecule has 3 unspecified atom stereocenters. The van der Waals surface area contributed by atoms with Crippen LogP contribution in [0.4, 0.5) is 10.5 Å². The van der Waals surface area contributed by atoms with Crippen LogP contribution in [-0.2, 0) is 4.79 Å². The molecule has 114 valence electrons. The Labute approximate surface area is 141 Å². The Morgan fingerprint density at radius 3 is 2.57 bits per heavy atom. The molecule has 1 aliphatic carbocycles. The lowest BCUT2D eigenvalue weighted by atomic mass is 10.0. The van der Waals surface area contributed by atoms with Crippen LogP contribution in [0.3, 0.4) is 0 Å². The van der Waals surface area contributed by atoms with Crippen molar-refractivity contribution in [3.8, 4) is 0 Å². The normalized spacial score (nSPS) is 28.3. The molecule has 5 heteroatoms. The SMILES string of the molecule is O=C1C2C3C=CC(C3)N2C(=O)N1c1ccc(Br)c2ccccc12. The molecule has 4 nitrogen and oxygen atoms in total. The van der Waals surface area contributed by atoms with Crippen molar-refractivity contribution in [3.05, 3.63) is 53.0 Å². The van der Waals surface area contributed by atoms with Gasteiger partial charge in [-0.15, -0.1) is 0 Å². The van der Waals surface area contributed by atoms with Crippen molar-refractivity contribution >= 4 is 44.3 Å². The van der Waals surface area contributed by atoms with Crippen molar-refractivity contribution in [2.45, 2.75) is 18.5 Å². The Hall–Kier alpha value is -2.14. The minimum absolute atomic E-state index is 0.0770. The van der Waals surface area contributed by atoms with Crippen molar-refractivity contribution in [3.63, 3.8) is 0 Å². The van der Waals surface area contributed by atoms with Crippen molar-refractivity contribution in [1.29, 1.82) is 0 Å². The highest BCUT2D eigenvalue weighted by molar-refractivity contribution is 9.10. The quantitative estimate of drug-likeness (QED) is 0.568. The van der Waals surface area contributed by atoms with E-state index >= 15 is 0 Å². The molecule has 2 aromatic carbocycles. The Morgan fingerprint density at radius 1 is 1.00 bits per heavy atom. The first-order chi connectivity index (χ1) is 11.2. The maximum absolute atomic E-state index is 12.9. The number of rotatable bonds is 1. The van der Waals surface area contributed by atoms with E-state index in [0.717, 1.165) is 21.7 Å². The zero-order chi connectivity index (χ0) is 15.7. The van der Waals surface area contributed by atoms with Gasteiger partial charge in [0.15, 0.2) is 0 Å². The predicted molar refractivity (Wildman–Crippen MR) is 91.2 cm³/mol. The van der Waals surface area contributed by atoms with Gasteiger partial charge >= 0.3 is 6.03 Å². The molecular formula is C18H13BrN2O2. The molecule has 2 heterocycles. The average Bonchev–Trinajstić information content (AvgIpc) is 3.24. The predicted octanol–water partition coefficient (Wildman–Crippen LogP) is 3.70. The summed E-state index contributed by atoms with van der Waals surface area (Å²) in [5, 5.41) is 1.91. The number of amides is 3. The number of hydrogen-bond donors (Lipinski definition) is 0. The van der Waals surface area contributed by atoms with Crippen LogP contribution in [-0.4, -0.2) is 28.9 Å².